The molecule has 0 aliphatic rings. The fourth-order valence-corrected chi connectivity index (χ4v) is 3.00. The van der Waals surface area contributed by atoms with Gasteiger partial charge in [-0.1, -0.05) is 84.4 Å². The van der Waals surface area contributed by atoms with Crippen LogP contribution >= 0.6 is 11.6 Å². The van der Waals surface area contributed by atoms with Gasteiger partial charge in [0.2, 0.25) is 0 Å². The molecule has 5 N–H and O–H groups in total. The fraction of sp³-hybridized carbons (Fsp3) is 0. The monoisotopic (exact) mass is 366 g/mol. The average molecular weight is 367 g/mol. The van der Waals surface area contributed by atoms with Gasteiger partial charge >= 0.3 is 0 Å². The van der Waals surface area contributed by atoms with E-state index in [9.17, 15) is 0 Å². The Morgan fingerprint density at radius 2 is 1.19 bits per heavy atom. The largest absolute Gasteiger partial charge is 0.412 e. The number of rotatable bonds is 3. The molecule has 0 aliphatic heterocycles. The van der Waals surface area contributed by atoms with E-state index in [2.05, 4.69) is 29.2 Å². The quantitative estimate of drug-likeness (QED) is 0.571. The van der Waals surface area contributed by atoms with Gasteiger partial charge in [0.05, 0.1) is 16.4 Å². The summed E-state index contributed by atoms with van der Waals surface area (Å²) in [7, 11) is 0. The lowest BCUT2D eigenvalue weighted by molar-refractivity contribution is 0.823. The van der Waals surface area contributed by atoms with Gasteiger partial charge in [0, 0.05) is 16.7 Å². The zero-order valence-corrected chi connectivity index (χ0v) is 14.7. The topological polar surface area (TPSA) is 91.7 Å². The van der Waals surface area contributed by atoms with Crippen molar-refractivity contribution < 1.29 is 11.0 Å². The minimum absolute atomic E-state index is 0. The van der Waals surface area contributed by atoms with E-state index in [1.54, 1.807) is 0 Å². The van der Waals surface area contributed by atoms with Crippen LogP contribution in [0, 0.1) is 0 Å². The Morgan fingerprint density at radius 1 is 0.654 bits per heavy atom. The van der Waals surface area contributed by atoms with Crippen molar-refractivity contribution in [1.29, 1.82) is 0 Å². The first-order chi connectivity index (χ1) is 11.8. The van der Waals surface area contributed by atoms with Crippen molar-refractivity contribution in [1.82, 2.24) is 9.97 Å². The van der Waals surface area contributed by atoms with E-state index in [-0.39, 0.29) is 11.0 Å². The summed E-state index contributed by atoms with van der Waals surface area (Å²) in [5.74, 6) is 0.776. The second-order valence-corrected chi connectivity index (χ2v) is 5.93. The van der Waals surface area contributed by atoms with E-state index < -0.39 is 0 Å². The second kappa shape index (κ2) is 8.45. The van der Waals surface area contributed by atoms with E-state index in [1.165, 1.54) is 0 Å². The Bertz CT molecular complexity index is 913. The number of nitrogens with one attached hydrogen (secondary N) is 1. The Balaban J connectivity index is 0.00000121. The second-order valence-electron chi connectivity index (χ2n) is 5.52. The maximum absolute atomic E-state index is 6.35. The van der Waals surface area contributed by atoms with Crippen LogP contribution in [-0.4, -0.2) is 20.9 Å². The minimum Gasteiger partial charge on any atom is -0.412 e. The first-order valence-electron chi connectivity index (χ1n) is 7.78. The number of imidazole rings is 1. The number of hydrogen-bond acceptors (Lipinski definition) is 1. The van der Waals surface area contributed by atoms with Gasteiger partial charge in [-0.2, -0.15) is 0 Å². The molecule has 0 bridgehead atoms. The SMILES string of the molecule is Clc1ccccc1-c1nc(-c2ccccc2)c(-c2ccccc2)[nH]1.O.O. The summed E-state index contributed by atoms with van der Waals surface area (Å²) in [5, 5.41) is 0.686. The average Bonchev–Trinajstić information content (AvgIpc) is 3.09. The van der Waals surface area contributed by atoms with Crippen LogP contribution in [-0.2, 0) is 0 Å². The molecule has 1 aromatic heterocycles. The highest BCUT2D eigenvalue weighted by molar-refractivity contribution is 6.33. The molecule has 0 amide bonds. The summed E-state index contributed by atoms with van der Waals surface area (Å²) in [6.45, 7) is 0. The first kappa shape index (κ1) is 19.4. The van der Waals surface area contributed by atoms with Crippen LogP contribution < -0.4 is 0 Å². The molecule has 0 radical (unpaired) electrons. The fourth-order valence-electron chi connectivity index (χ4n) is 2.77. The van der Waals surface area contributed by atoms with Gasteiger partial charge in [-0.15, -0.1) is 0 Å². The van der Waals surface area contributed by atoms with Gasteiger partial charge in [-0.05, 0) is 12.1 Å². The van der Waals surface area contributed by atoms with Gasteiger partial charge in [-0.3, -0.25) is 0 Å². The number of nitrogens with zero attached hydrogens (tertiary/aromatic N) is 1. The molecule has 1 heterocycles. The molecule has 4 rings (SSSR count). The lowest BCUT2D eigenvalue weighted by Gasteiger charge is -2.02. The van der Waals surface area contributed by atoms with Crippen molar-refractivity contribution in [3.63, 3.8) is 0 Å². The summed E-state index contributed by atoms with van der Waals surface area (Å²) in [4.78, 5) is 8.31. The predicted molar refractivity (Wildman–Crippen MR) is 107 cm³/mol. The number of benzene rings is 3. The van der Waals surface area contributed by atoms with Crippen LogP contribution in [0.15, 0.2) is 84.9 Å². The number of H-pyrrole nitrogens is 1. The van der Waals surface area contributed by atoms with Crippen LogP contribution in [0.1, 0.15) is 0 Å². The highest BCUT2D eigenvalue weighted by atomic mass is 35.5. The van der Waals surface area contributed by atoms with Crippen LogP contribution in [0.4, 0.5) is 0 Å². The summed E-state index contributed by atoms with van der Waals surface area (Å²) >= 11 is 6.35. The Hall–Kier alpha value is -2.92. The van der Waals surface area contributed by atoms with E-state index in [4.69, 9.17) is 16.6 Å². The molecule has 0 spiro atoms. The number of aromatic nitrogens is 2. The molecule has 0 saturated carbocycles. The van der Waals surface area contributed by atoms with E-state index in [0.717, 1.165) is 33.9 Å². The molecule has 4 nitrogen and oxygen atoms in total. The molecule has 26 heavy (non-hydrogen) atoms. The maximum atomic E-state index is 6.35. The van der Waals surface area contributed by atoms with Crippen molar-refractivity contribution in [3.8, 4) is 33.9 Å². The Labute approximate surface area is 156 Å². The van der Waals surface area contributed by atoms with Crippen molar-refractivity contribution in [3.05, 3.63) is 90.0 Å². The third-order valence-corrected chi connectivity index (χ3v) is 4.27. The maximum Gasteiger partial charge on any atom is 0.140 e. The van der Waals surface area contributed by atoms with Gasteiger partial charge in [0.1, 0.15) is 5.82 Å². The molecule has 0 aliphatic carbocycles. The molecule has 132 valence electrons. The smallest absolute Gasteiger partial charge is 0.140 e. The zero-order chi connectivity index (χ0) is 16.4. The van der Waals surface area contributed by atoms with Crippen LogP contribution in [0.3, 0.4) is 0 Å². The summed E-state index contributed by atoms with van der Waals surface area (Å²) in [6.07, 6.45) is 0. The molecular weight excluding hydrogens is 348 g/mol. The number of hydrogen-bond donors (Lipinski definition) is 1. The van der Waals surface area contributed by atoms with Gasteiger partial charge in [0.15, 0.2) is 0 Å². The van der Waals surface area contributed by atoms with Gasteiger partial charge < -0.3 is 15.9 Å². The summed E-state index contributed by atoms with van der Waals surface area (Å²) < 4.78 is 0. The molecule has 0 unspecified atom stereocenters. The van der Waals surface area contributed by atoms with Crippen LogP contribution in [0.5, 0.6) is 0 Å². The molecule has 0 fully saturated rings. The molecule has 0 saturated heterocycles. The molecule has 4 aromatic rings. The Kier molecular flexibility index (Phi) is 6.31. The number of aromatic amines is 1. The normalized spacial score (nSPS) is 9.88. The summed E-state index contributed by atoms with van der Waals surface area (Å²) in [6, 6.07) is 28.2. The van der Waals surface area contributed by atoms with E-state index in [1.807, 2.05) is 60.7 Å². The van der Waals surface area contributed by atoms with E-state index >= 15 is 0 Å². The highest BCUT2D eigenvalue weighted by Gasteiger charge is 2.16. The van der Waals surface area contributed by atoms with Crippen molar-refractivity contribution >= 4 is 11.6 Å². The lowest BCUT2D eigenvalue weighted by Crippen LogP contribution is -1.82. The molecule has 0 atom stereocenters. The lowest BCUT2D eigenvalue weighted by atomic mass is 10.1. The van der Waals surface area contributed by atoms with Gasteiger partial charge in [-0.25, -0.2) is 4.98 Å². The zero-order valence-electron chi connectivity index (χ0n) is 13.9. The third-order valence-electron chi connectivity index (χ3n) is 3.94. The first-order valence-corrected chi connectivity index (χ1v) is 8.16. The number of halogens is 1. The molecule has 5 heteroatoms. The summed E-state index contributed by atoms with van der Waals surface area (Å²) in [5.41, 5.74) is 5.00. The van der Waals surface area contributed by atoms with Crippen molar-refractivity contribution in [2.75, 3.05) is 0 Å². The Morgan fingerprint density at radius 3 is 1.81 bits per heavy atom. The third kappa shape index (κ3) is 3.68. The predicted octanol–water partition coefficient (Wildman–Crippen LogP) is 4.41. The standard InChI is InChI=1S/C21H15ClN2.2H2O/c22-18-14-8-7-13-17(18)21-23-19(15-9-3-1-4-10-15)20(24-21)16-11-5-2-6-12-16;;/h1-14H,(H,23,24);2*1H2. The van der Waals surface area contributed by atoms with Crippen molar-refractivity contribution in [2.24, 2.45) is 0 Å². The molecular formula is C21H19ClN2O2. The van der Waals surface area contributed by atoms with Crippen molar-refractivity contribution in [2.45, 2.75) is 0 Å². The van der Waals surface area contributed by atoms with E-state index in [0.29, 0.717) is 5.02 Å². The highest BCUT2D eigenvalue weighted by Crippen LogP contribution is 2.34. The van der Waals surface area contributed by atoms with Gasteiger partial charge in [0.25, 0.3) is 0 Å². The molecule has 3 aromatic carbocycles. The minimum atomic E-state index is 0. The van der Waals surface area contributed by atoms with Crippen LogP contribution in [0.25, 0.3) is 33.9 Å². The van der Waals surface area contributed by atoms with Crippen LogP contribution in [0.2, 0.25) is 5.02 Å².